The average Bonchev–Trinajstić information content (AvgIpc) is 2.33. The van der Waals surface area contributed by atoms with Gasteiger partial charge in [0.05, 0.1) is 46.2 Å². The second-order valence-electron chi connectivity index (χ2n) is 3.87. The lowest BCUT2D eigenvalue weighted by Gasteiger charge is -2.26. The van der Waals surface area contributed by atoms with E-state index in [1.165, 1.54) is 0 Å². The Morgan fingerprint density at radius 1 is 0.889 bits per heavy atom. The molecule has 0 aromatic carbocycles. The van der Waals surface area contributed by atoms with Gasteiger partial charge in [0.1, 0.15) is 0 Å². The number of rotatable bonds is 13. The van der Waals surface area contributed by atoms with Crippen molar-refractivity contribution in [1.82, 2.24) is 0 Å². The fraction of sp³-hybridized carbons (Fsp3) is 1.00. The Morgan fingerprint density at radius 2 is 1.44 bits per heavy atom. The van der Waals surface area contributed by atoms with E-state index in [0.717, 1.165) is 13.0 Å². The molecule has 1 aliphatic rings. The van der Waals surface area contributed by atoms with Crippen LogP contribution in [0.4, 0.5) is 0 Å². The third-order valence-corrected chi connectivity index (χ3v) is 2.38. The fourth-order valence-corrected chi connectivity index (χ4v) is 1.29. The van der Waals surface area contributed by atoms with Crippen LogP contribution in [0.2, 0.25) is 0 Å². The molecule has 18 heavy (non-hydrogen) atoms. The average molecular weight is 264 g/mol. The van der Waals surface area contributed by atoms with Crippen molar-refractivity contribution in [1.29, 1.82) is 0 Å². The molecule has 0 amide bonds. The lowest BCUT2D eigenvalue weighted by molar-refractivity contribution is -0.219. The number of aliphatic hydroxyl groups is 1. The minimum atomic E-state index is -0.0130. The Bertz CT molecular complexity index is 174. The van der Waals surface area contributed by atoms with Crippen molar-refractivity contribution in [3.8, 4) is 0 Å². The zero-order valence-electron chi connectivity index (χ0n) is 10.8. The molecule has 6 heteroatoms. The molecule has 0 radical (unpaired) electrons. The molecule has 1 saturated heterocycles. The maximum atomic E-state index is 8.52. The van der Waals surface area contributed by atoms with Crippen molar-refractivity contribution in [2.75, 3.05) is 59.5 Å². The molecule has 108 valence electrons. The van der Waals surface area contributed by atoms with E-state index in [0.29, 0.717) is 52.7 Å². The Hall–Kier alpha value is -0.240. The van der Waals surface area contributed by atoms with Gasteiger partial charge in [0.2, 0.25) is 0 Å². The Labute approximate surface area is 108 Å². The first-order valence-corrected chi connectivity index (χ1v) is 6.51. The van der Waals surface area contributed by atoms with Crippen LogP contribution in [0.1, 0.15) is 12.8 Å². The quantitative estimate of drug-likeness (QED) is 0.479. The van der Waals surface area contributed by atoms with E-state index >= 15 is 0 Å². The van der Waals surface area contributed by atoms with Gasteiger partial charge in [-0.1, -0.05) is 0 Å². The van der Waals surface area contributed by atoms with Crippen molar-refractivity contribution >= 4 is 0 Å². The second kappa shape index (κ2) is 11.8. The van der Waals surface area contributed by atoms with Gasteiger partial charge in [-0.2, -0.15) is 0 Å². The lowest BCUT2D eigenvalue weighted by atomic mass is 10.3. The highest BCUT2D eigenvalue weighted by Gasteiger charge is 2.17. The largest absolute Gasteiger partial charge is 0.396 e. The molecule has 0 aliphatic carbocycles. The summed E-state index contributed by atoms with van der Waals surface area (Å²) in [6.07, 6.45) is 1.65. The predicted molar refractivity (Wildman–Crippen MR) is 64.5 cm³/mol. The van der Waals surface area contributed by atoms with Crippen LogP contribution in [0.25, 0.3) is 0 Å². The van der Waals surface area contributed by atoms with E-state index in [1.807, 2.05) is 0 Å². The topological polar surface area (TPSA) is 66.4 Å². The van der Waals surface area contributed by atoms with Crippen LogP contribution in [-0.2, 0) is 23.7 Å². The second-order valence-corrected chi connectivity index (χ2v) is 3.87. The summed E-state index contributed by atoms with van der Waals surface area (Å²) >= 11 is 0. The van der Waals surface area contributed by atoms with Gasteiger partial charge in [0.25, 0.3) is 0 Å². The van der Waals surface area contributed by atoms with E-state index in [1.54, 1.807) is 0 Å². The molecule has 6 nitrogen and oxygen atoms in total. The molecule has 1 N–H and O–H groups in total. The van der Waals surface area contributed by atoms with Crippen LogP contribution in [0.15, 0.2) is 0 Å². The number of aliphatic hydroxyl groups excluding tert-OH is 1. The number of hydrogen-bond acceptors (Lipinski definition) is 6. The summed E-state index contributed by atoms with van der Waals surface area (Å²) in [6.45, 7) is 4.92. The third-order valence-electron chi connectivity index (χ3n) is 2.38. The zero-order chi connectivity index (χ0) is 12.9. The molecular weight excluding hydrogens is 240 g/mol. The summed E-state index contributed by atoms with van der Waals surface area (Å²) in [5.41, 5.74) is 0. The van der Waals surface area contributed by atoms with Gasteiger partial charge < -0.3 is 28.8 Å². The summed E-state index contributed by atoms with van der Waals surface area (Å²) in [5.74, 6) is 0. The zero-order valence-corrected chi connectivity index (χ0v) is 10.8. The molecule has 0 spiro atoms. The minimum Gasteiger partial charge on any atom is -0.396 e. The highest BCUT2D eigenvalue weighted by atomic mass is 16.7. The standard InChI is InChI=1S/C12H24O6/c13-3-1-4-14-6-7-15-8-9-16-10-11-18-12-2-5-17-12/h12-13H,1-11H2. The van der Waals surface area contributed by atoms with Crippen molar-refractivity contribution in [2.24, 2.45) is 0 Å². The number of hydrogen-bond donors (Lipinski definition) is 1. The van der Waals surface area contributed by atoms with E-state index < -0.39 is 0 Å². The van der Waals surface area contributed by atoms with Crippen LogP contribution >= 0.6 is 0 Å². The van der Waals surface area contributed by atoms with Gasteiger partial charge in [0.15, 0.2) is 6.29 Å². The third kappa shape index (κ3) is 8.79. The highest BCUT2D eigenvalue weighted by molar-refractivity contribution is 4.54. The van der Waals surface area contributed by atoms with Crippen molar-refractivity contribution in [3.05, 3.63) is 0 Å². The molecule has 0 aromatic rings. The van der Waals surface area contributed by atoms with Crippen LogP contribution < -0.4 is 0 Å². The highest BCUT2D eigenvalue weighted by Crippen LogP contribution is 2.11. The first-order chi connectivity index (χ1) is 8.93. The van der Waals surface area contributed by atoms with Crippen LogP contribution in [0, 0.1) is 0 Å². The molecular formula is C12H24O6. The summed E-state index contributed by atoms with van der Waals surface area (Å²) in [4.78, 5) is 0. The van der Waals surface area contributed by atoms with Gasteiger partial charge >= 0.3 is 0 Å². The van der Waals surface area contributed by atoms with Crippen LogP contribution in [0.5, 0.6) is 0 Å². The van der Waals surface area contributed by atoms with Crippen molar-refractivity contribution in [2.45, 2.75) is 19.1 Å². The molecule has 1 aliphatic heterocycles. The van der Waals surface area contributed by atoms with Gasteiger partial charge in [-0.15, -0.1) is 0 Å². The summed E-state index contributed by atoms with van der Waals surface area (Å²) < 4.78 is 26.2. The van der Waals surface area contributed by atoms with Gasteiger partial charge in [-0.05, 0) is 6.42 Å². The molecule has 1 atom stereocenters. The minimum absolute atomic E-state index is 0.0130. The van der Waals surface area contributed by atoms with Crippen molar-refractivity contribution in [3.63, 3.8) is 0 Å². The normalized spacial score (nSPS) is 18.8. The smallest absolute Gasteiger partial charge is 0.159 e. The molecule has 1 unspecified atom stereocenters. The first-order valence-electron chi connectivity index (χ1n) is 6.51. The van der Waals surface area contributed by atoms with E-state index in [2.05, 4.69) is 0 Å². The fourth-order valence-electron chi connectivity index (χ4n) is 1.29. The Kier molecular flexibility index (Phi) is 10.4. The Morgan fingerprint density at radius 3 is 1.94 bits per heavy atom. The lowest BCUT2D eigenvalue weighted by Crippen LogP contribution is -2.30. The Balaban J connectivity index is 1.63. The monoisotopic (exact) mass is 264 g/mol. The maximum absolute atomic E-state index is 8.52. The molecule has 0 saturated carbocycles. The molecule has 1 heterocycles. The van der Waals surface area contributed by atoms with E-state index in [-0.39, 0.29) is 12.9 Å². The summed E-state index contributed by atoms with van der Waals surface area (Å²) in [6, 6.07) is 0. The maximum Gasteiger partial charge on any atom is 0.159 e. The first kappa shape index (κ1) is 15.8. The molecule has 0 aromatic heterocycles. The van der Waals surface area contributed by atoms with Crippen LogP contribution in [0.3, 0.4) is 0 Å². The molecule has 1 fully saturated rings. The molecule has 1 rings (SSSR count). The van der Waals surface area contributed by atoms with Gasteiger partial charge in [-0.25, -0.2) is 0 Å². The summed E-state index contributed by atoms with van der Waals surface area (Å²) in [5, 5.41) is 8.52. The van der Waals surface area contributed by atoms with E-state index in [9.17, 15) is 0 Å². The van der Waals surface area contributed by atoms with E-state index in [4.69, 9.17) is 28.8 Å². The SMILES string of the molecule is OCCCOCCOCCOCCOC1CCO1. The predicted octanol–water partition coefficient (Wildman–Crippen LogP) is 0.182. The van der Waals surface area contributed by atoms with Crippen molar-refractivity contribution < 1.29 is 28.8 Å². The van der Waals surface area contributed by atoms with Gasteiger partial charge in [-0.3, -0.25) is 0 Å². The molecule has 0 bridgehead atoms. The number of ether oxygens (including phenoxy) is 5. The van der Waals surface area contributed by atoms with Crippen LogP contribution in [-0.4, -0.2) is 70.9 Å². The van der Waals surface area contributed by atoms with Gasteiger partial charge in [0, 0.05) is 19.6 Å². The summed E-state index contributed by atoms with van der Waals surface area (Å²) in [7, 11) is 0.